The first-order valence-electron chi connectivity index (χ1n) is 3.13. The Morgan fingerprint density at radius 2 is 2.50 bits per heavy atom. The first-order valence-corrected chi connectivity index (χ1v) is 3.13. The summed E-state index contributed by atoms with van der Waals surface area (Å²) in [5.74, 6) is 0. The van der Waals surface area contributed by atoms with Gasteiger partial charge in [-0.2, -0.15) is 0 Å². The van der Waals surface area contributed by atoms with E-state index in [4.69, 9.17) is 9.47 Å². The van der Waals surface area contributed by atoms with Crippen molar-refractivity contribution >= 4 is 0 Å². The van der Waals surface area contributed by atoms with Gasteiger partial charge in [-0.25, -0.2) is 0 Å². The number of hydrogen-bond acceptors (Lipinski definition) is 2. The van der Waals surface area contributed by atoms with Gasteiger partial charge in [0.05, 0.1) is 12.7 Å². The summed E-state index contributed by atoms with van der Waals surface area (Å²) in [5, 5.41) is 0. The summed E-state index contributed by atoms with van der Waals surface area (Å²) in [7, 11) is 0. The largest absolute Gasteiger partial charge is 0.382 e. The highest BCUT2D eigenvalue weighted by Crippen LogP contribution is 2.12. The van der Waals surface area contributed by atoms with Crippen LogP contribution in [-0.4, -0.2) is 25.9 Å². The first kappa shape index (κ1) is 6.05. The molecule has 0 aromatic rings. The first-order chi connectivity index (χ1) is 3.93. The molecule has 0 amide bonds. The van der Waals surface area contributed by atoms with Crippen molar-refractivity contribution in [1.82, 2.24) is 0 Å². The molecule has 1 saturated heterocycles. The minimum Gasteiger partial charge on any atom is -0.382 e. The van der Waals surface area contributed by atoms with Crippen LogP contribution in [0.2, 0.25) is 0 Å². The van der Waals surface area contributed by atoms with Crippen molar-refractivity contribution in [1.29, 1.82) is 0 Å². The lowest BCUT2D eigenvalue weighted by atomic mass is 10.3. The maximum atomic E-state index is 5.10. The molecule has 1 rings (SSSR count). The van der Waals surface area contributed by atoms with E-state index in [9.17, 15) is 0 Å². The Hall–Kier alpha value is -0.0800. The summed E-state index contributed by atoms with van der Waals surface area (Å²) in [6.45, 7) is 4.65. The predicted octanol–water partition coefficient (Wildman–Crippen LogP) is 0.812. The summed E-state index contributed by atoms with van der Waals surface area (Å²) in [4.78, 5) is 0. The lowest BCUT2D eigenvalue weighted by Crippen LogP contribution is -1.96. The van der Waals surface area contributed by atoms with Gasteiger partial charge in [-0.05, 0) is 13.3 Å². The topological polar surface area (TPSA) is 21.8 Å². The molecule has 0 radical (unpaired) electrons. The minimum absolute atomic E-state index is 0.529. The van der Waals surface area contributed by atoms with Crippen LogP contribution in [0.5, 0.6) is 0 Å². The fraction of sp³-hybridized carbons (Fsp3) is 1.00. The molecule has 8 heavy (non-hydrogen) atoms. The molecule has 2 heteroatoms. The second-order valence-electron chi connectivity index (χ2n) is 1.94. The highest BCUT2D eigenvalue weighted by atomic mass is 16.6. The normalized spacial score (nSPS) is 25.9. The SMILES string of the molecule is CCOCC[C@H]1CO1. The van der Waals surface area contributed by atoms with Gasteiger partial charge >= 0.3 is 0 Å². The van der Waals surface area contributed by atoms with Crippen LogP contribution in [0.15, 0.2) is 0 Å². The molecule has 48 valence electrons. The second-order valence-corrected chi connectivity index (χ2v) is 1.94. The average molecular weight is 116 g/mol. The molecule has 1 heterocycles. The van der Waals surface area contributed by atoms with Crippen molar-refractivity contribution < 1.29 is 9.47 Å². The van der Waals surface area contributed by atoms with Gasteiger partial charge in [-0.15, -0.1) is 0 Å². The van der Waals surface area contributed by atoms with Crippen LogP contribution in [-0.2, 0) is 9.47 Å². The molecule has 2 nitrogen and oxygen atoms in total. The molecule has 0 N–H and O–H groups in total. The predicted molar refractivity (Wildman–Crippen MR) is 30.8 cm³/mol. The Morgan fingerprint density at radius 1 is 1.75 bits per heavy atom. The van der Waals surface area contributed by atoms with Crippen LogP contribution >= 0.6 is 0 Å². The van der Waals surface area contributed by atoms with E-state index in [2.05, 4.69) is 0 Å². The zero-order valence-electron chi connectivity index (χ0n) is 5.22. The standard InChI is InChI=1S/C6H12O2/c1-2-7-4-3-6-5-8-6/h6H,2-5H2,1H3/t6-/m0/s1. The third-order valence-corrected chi connectivity index (χ3v) is 1.19. The Bertz CT molecular complexity index is 59.5. The molecule has 1 fully saturated rings. The number of rotatable bonds is 4. The Balaban J connectivity index is 1.74. The van der Waals surface area contributed by atoms with Crippen molar-refractivity contribution in [3.05, 3.63) is 0 Å². The lowest BCUT2D eigenvalue weighted by Gasteiger charge is -1.94. The fourth-order valence-electron chi connectivity index (χ4n) is 0.594. The maximum absolute atomic E-state index is 5.10. The molecule has 1 aliphatic heterocycles. The van der Waals surface area contributed by atoms with Crippen LogP contribution < -0.4 is 0 Å². The quantitative estimate of drug-likeness (QED) is 0.400. The number of hydrogen-bond donors (Lipinski definition) is 0. The number of epoxide rings is 1. The zero-order chi connectivity index (χ0) is 5.82. The van der Waals surface area contributed by atoms with Crippen molar-refractivity contribution in [2.45, 2.75) is 19.4 Å². The van der Waals surface area contributed by atoms with Crippen molar-refractivity contribution in [3.8, 4) is 0 Å². The van der Waals surface area contributed by atoms with Crippen LogP contribution in [0, 0.1) is 0 Å². The van der Waals surface area contributed by atoms with Crippen LogP contribution in [0.1, 0.15) is 13.3 Å². The summed E-state index contributed by atoms with van der Waals surface area (Å²) < 4.78 is 10.1. The molecule has 0 bridgehead atoms. The summed E-state index contributed by atoms with van der Waals surface area (Å²) >= 11 is 0. The van der Waals surface area contributed by atoms with E-state index < -0.39 is 0 Å². The van der Waals surface area contributed by atoms with E-state index >= 15 is 0 Å². The van der Waals surface area contributed by atoms with Crippen molar-refractivity contribution in [2.24, 2.45) is 0 Å². The van der Waals surface area contributed by atoms with E-state index in [1.807, 2.05) is 6.92 Å². The molecule has 0 unspecified atom stereocenters. The van der Waals surface area contributed by atoms with Gasteiger partial charge in [0.2, 0.25) is 0 Å². The molecule has 0 aromatic carbocycles. The monoisotopic (exact) mass is 116 g/mol. The fourth-order valence-corrected chi connectivity index (χ4v) is 0.594. The average Bonchev–Trinajstić information content (AvgIpc) is 2.51. The third kappa shape index (κ3) is 2.28. The highest BCUT2D eigenvalue weighted by molar-refractivity contribution is 4.67. The Labute approximate surface area is 49.8 Å². The van der Waals surface area contributed by atoms with E-state index in [1.165, 1.54) is 0 Å². The van der Waals surface area contributed by atoms with E-state index in [1.54, 1.807) is 0 Å². The van der Waals surface area contributed by atoms with Crippen LogP contribution in [0.25, 0.3) is 0 Å². The molecule has 0 spiro atoms. The molecule has 0 aliphatic carbocycles. The van der Waals surface area contributed by atoms with Gasteiger partial charge in [0.1, 0.15) is 0 Å². The molecular formula is C6H12O2. The molecular weight excluding hydrogens is 104 g/mol. The van der Waals surface area contributed by atoms with Crippen LogP contribution in [0.4, 0.5) is 0 Å². The van der Waals surface area contributed by atoms with Gasteiger partial charge < -0.3 is 9.47 Å². The summed E-state index contributed by atoms with van der Waals surface area (Å²) in [5.41, 5.74) is 0. The van der Waals surface area contributed by atoms with E-state index in [0.29, 0.717) is 6.10 Å². The van der Waals surface area contributed by atoms with Gasteiger partial charge in [-0.1, -0.05) is 0 Å². The van der Waals surface area contributed by atoms with Gasteiger partial charge in [-0.3, -0.25) is 0 Å². The molecule has 1 atom stereocenters. The highest BCUT2D eigenvalue weighted by Gasteiger charge is 2.21. The van der Waals surface area contributed by atoms with Gasteiger partial charge in [0.25, 0.3) is 0 Å². The summed E-state index contributed by atoms with van der Waals surface area (Å²) in [6.07, 6.45) is 1.61. The molecule has 1 aliphatic rings. The lowest BCUT2D eigenvalue weighted by molar-refractivity contribution is 0.138. The summed E-state index contributed by atoms with van der Waals surface area (Å²) in [6, 6.07) is 0. The minimum atomic E-state index is 0.529. The smallest absolute Gasteiger partial charge is 0.0831 e. The molecule has 0 aromatic heterocycles. The Kier molecular flexibility index (Phi) is 2.30. The zero-order valence-corrected chi connectivity index (χ0v) is 5.22. The van der Waals surface area contributed by atoms with Gasteiger partial charge in [0, 0.05) is 13.2 Å². The second kappa shape index (κ2) is 3.05. The van der Waals surface area contributed by atoms with E-state index in [0.717, 1.165) is 26.2 Å². The van der Waals surface area contributed by atoms with Gasteiger partial charge in [0.15, 0.2) is 0 Å². The number of ether oxygens (including phenoxy) is 2. The Morgan fingerprint density at radius 3 is 3.00 bits per heavy atom. The van der Waals surface area contributed by atoms with Crippen LogP contribution in [0.3, 0.4) is 0 Å². The van der Waals surface area contributed by atoms with E-state index in [-0.39, 0.29) is 0 Å². The third-order valence-electron chi connectivity index (χ3n) is 1.19. The molecule has 0 saturated carbocycles. The maximum Gasteiger partial charge on any atom is 0.0831 e. The van der Waals surface area contributed by atoms with Crippen molar-refractivity contribution in [2.75, 3.05) is 19.8 Å². The van der Waals surface area contributed by atoms with Crippen molar-refractivity contribution in [3.63, 3.8) is 0 Å².